The number of hydrogen-bond acceptors (Lipinski definition) is 3. The Balaban J connectivity index is 1.95. The Morgan fingerprint density at radius 3 is 2.39 bits per heavy atom. The molecule has 0 aromatic heterocycles. The lowest BCUT2D eigenvalue weighted by Crippen LogP contribution is -2.33. The molecule has 23 heavy (non-hydrogen) atoms. The Labute approximate surface area is 143 Å². The monoisotopic (exact) mass is 352 g/mol. The molecule has 0 aliphatic rings. The summed E-state index contributed by atoms with van der Waals surface area (Å²) in [6, 6.07) is 11.4. The zero-order chi connectivity index (χ0) is 16.8. The molecule has 0 saturated heterocycles. The second kappa shape index (κ2) is 7.85. The SMILES string of the molecule is COc1ccccc1C(=O)NCC(=O)Nc1cc(Cl)cc(Cl)c1. The van der Waals surface area contributed by atoms with E-state index in [-0.39, 0.29) is 6.54 Å². The van der Waals surface area contributed by atoms with Gasteiger partial charge in [0.1, 0.15) is 5.75 Å². The third-order valence-electron chi connectivity index (χ3n) is 2.91. The van der Waals surface area contributed by atoms with Crippen LogP contribution in [0.15, 0.2) is 42.5 Å². The summed E-state index contributed by atoms with van der Waals surface area (Å²) < 4.78 is 5.10. The van der Waals surface area contributed by atoms with E-state index < -0.39 is 11.8 Å². The lowest BCUT2D eigenvalue weighted by molar-refractivity contribution is -0.115. The minimum absolute atomic E-state index is 0.193. The van der Waals surface area contributed by atoms with Gasteiger partial charge < -0.3 is 15.4 Å². The van der Waals surface area contributed by atoms with E-state index in [4.69, 9.17) is 27.9 Å². The van der Waals surface area contributed by atoms with Crippen LogP contribution in [-0.2, 0) is 4.79 Å². The number of carbonyl (C=O) groups excluding carboxylic acids is 2. The van der Waals surface area contributed by atoms with Crippen molar-refractivity contribution < 1.29 is 14.3 Å². The number of nitrogens with one attached hydrogen (secondary N) is 2. The zero-order valence-corrected chi connectivity index (χ0v) is 13.7. The maximum absolute atomic E-state index is 12.1. The number of methoxy groups -OCH3 is 1. The largest absolute Gasteiger partial charge is 0.496 e. The van der Waals surface area contributed by atoms with Crippen molar-refractivity contribution in [1.82, 2.24) is 5.32 Å². The van der Waals surface area contributed by atoms with Gasteiger partial charge in [-0.2, -0.15) is 0 Å². The van der Waals surface area contributed by atoms with Crippen molar-refractivity contribution >= 4 is 40.7 Å². The molecule has 0 aliphatic carbocycles. The van der Waals surface area contributed by atoms with Crippen LogP contribution in [0.5, 0.6) is 5.75 Å². The summed E-state index contributed by atoms with van der Waals surface area (Å²) in [5, 5.41) is 5.95. The summed E-state index contributed by atoms with van der Waals surface area (Å²) in [5.41, 5.74) is 0.813. The average Bonchev–Trinajstić information content (AvgIpc) is 2.51. The van der Waals surface area contributed by atoms with Crippen LogP contribution in [0.1, 0.15) is 10.4 Å². The molecule has 0 bridgehead atoms. The molecule has 2 amide bonds. The Kier molecular flexibility index (Phi) is 5.84. The lowest BCUT2D eigenvalue weighted by Gasteiger charge is -2.10. The lowest BCUT2D eigenvalue weighted by atomic mass is 10.2. The van der Waals surface area contributed by atoms with Gasteiger partial charge in [0.25, 0.3) is 5.91 Å². The summed E-state index contributed by atoms with van der Waals surface area (Å²) in [4.78, 5) is 24.0. The summed E-state index contributed by atoms with van der Waals surface area (Å²) in [7, 11) is 1.47. The number of ether oxygens (including phenoxy) is 1. The molecule has 7 heteroatoms. The fourth-order valence-corrected chi connectivity index (χ4v) is 2.45. The molecule has 5 nitrogen and oxygen atoms in total. The van der Waals surface area contributed by atoms with E-state index in [1.807, 2.05) is 0 Å². The van der Waals surface area contributed by atoms with Crippen molar-refractivity contribution in [3.63, 3.8) is 0 Å². The molecule has 0 heterocycles. The first-order valence-corrected chi connectivity index (χ1v) is 7.42. The van der Waals surface area contributed by atoms with Crippen molar-refractivity contribution in [2.24, 2.45) is 0 Å². The van der Waals surface area contributed by atoms with Crippen LogP contribution < -0.4 is 15.4 Å². The van der Waals surface area contributed by atoms with Crippen LogP contribution in [0.4, 0.5) is 5.69 Å². The molecular formula is C16H14Cl2N2O3. The van der Waals surface area contributed by atoms with E-state index in [1.54, 1.807) is 42.5 Å². The first kappa shape index (κ1) is 17.1. The Bertz CT molecular complexity index is 715. The van der Waals surface area contributed by atoms with Crippen LogP contribution in [0.25, 0.3) is 0 Å². The molecule has 2 aromatic rings. The van der Waals surface area contributed by atoms with Gasteiger partial charge in [0, 0.05) is 15.7 Å². The van der Waals surface area contributed by atoms with Gasteiger partial charge in [-0.1, -0.05) is 35.3 Å². The van der Waals surface area contributed by atoms with Gasteiger partial charge in [-0.3, -0.25) is 9.59 Å². The van der Waals surface area contributed by atoms with Gasteiger partial charge in [0.05, 0.1) is 19.2 Å². The Morgan fingerprint density at radius 2 is 1.74 bits per heavy atom. The Morgan fingerprint density at radius 1 is 1.09 bits per heavy atom. The van der Waals surface area contributed by atoms with Crippen molar-refractivity contribution in [1.29, 1.82) is 0 Å². The number of hydrogen-bond donors (Lipinski definition) is 2. The molecule has 2 aromatic carbocycles. The number of carbonyl (C=O) groups is 2. The molecule has 0 unspecified atom stereocenters. The van der Waals surface area contributed by atoms with Crippen molar-refractivity contribution in [3.8, 4) is 5.75 Å². The normalized spacial score (nSPS) is 10.0. The van der Waals surface area contributed by atoms with Crippen LogP contribution in [-0.4, -0.2) is 25.5 Å². The van der Waals surface area contributed by atoms with Crippen LogP contribution >= 0.6 is 23.2 Å². The van der Waals surface area contributed by atoms with E-state index in [0.29, 0.717) is 27.0 Å². The fraction of sp³-hybridized carbons (Fsp3) is 0.125. The summed E-state index contributed by atoms with van der Waals surface area (Å²) in [6.07, 6.45) is 0. The van der Waals surface area contributed by atoms with E-state index >= 15 is 0 Å². The van der Waals surface area contributed by atoms with Gasteiger partial charge in [0.15, 0.2) is 0 Å². The molecule has 0 atom stereocenters. The quantitative estimate of drug-likeness (QED) is 0.866. The number of benzene rings is 2. The Hall–Kier alpha value is -2.24. The summed E-state index contributed by atoms with van der Waals surface area (Å²) in [6.45, 7) is -0.193. The number of para-hydroxylation sites is 1. The van der Waals surface area contributed by atoms with Crippen LogP contribution in [0.3, 0.4) is 0 Å². The summed E-state index contributed by atoms with van der Waals surface area (Å²) in [5.74, 6) is -0.361. The molecule has 2 N–H and O–H groups in total. The maximum Gasteiger partial charge on any atom is 0.255 e. The molecule has 0 aliphatic heterocycles. The topological polar surface area (TPSA) is 67.4 Å². The van der Waals surface area contributed by atoms with E-state index in [0.717, 1.165) is 0 Å². The molecule has 120 valence electrons. The minimum Gasteiger partial charge on any atom is -0.496 e. The highest BCUT2D eigenvalue weighted by molar-refractivity contribution is 6.35. The predicted octanol–water partition coefficient (Wildman–Crippen LogP) is 3.37. The predicted molar refractivity (Wildman–Crippen MR) is 90.4 cm³/mol. The van der Waals surface area contributed by atoms with Crippen LogP contribution in [0, 0.1) is 0 Å². The van der Waals surface area contributed by atoms with Gasteiger partial charge in [-0.05, 0) is 30.3 Å². The molecule has 0 saturated carbocycles. The van der Waals surface area contributed by atoms with Gasteiger partial charge in [-0.25, -0.2) is 0 Å². The number of anilines is 1. The number of amides is 2. The van der Waals surface area contributed by atoms with E-state index in [2.05, 4.69) is 10.6 Å². The molecule has 0 fully saturated rings. The average molecular weight is 353 g/mol. The van der Waals surface area contributed by atoms with Crippen molar-refractivity contribution in [2.75, 3.05) is 19.0 Å². The minimum atomic E-state index is -0.401. The zero-order valence-electron chi connectivity index (χ0n) is 12.2. The highest BCUT2D eigenvalue weighted by atomic mass is 35.5. The van der Waals surface area contributed by atoms with Gasteiger partial charge in [-0.15, -0.1) is 0 Å². The fourth-order valence-electron chi connectivity index (χ4n) is 1.92. The first-order chi connectivity index (χ1) is 11.0. The first-order valence-electron chi connectivity index (χ1n) is 6.67. The van der Waals surface area contributed by atoms with Crippen LogP contribution in [0.2, 0.25) is 10.0 Å². The highest BCUT2D eigenvalue weighted by Gasteiger charge is 2.12. The van der Waals surface area contributed by atoms with E-state index in [1.165, 1.54) is 7.11 Å². The number of rotatable bonds is 5. The van der Waals surface area contributed by atoms with E-state index in [9.17, 15) is 9.59 Å². The molecular weight excluding hydrogens is 339 g/mol. The second-order valence-electron chi connectivity index (χ2n) is 4.59. The standard InChI is InChI=1S/C16H14Cl2N2O3/c1-23-14-5-3-2-4-13(14)16(22)19-9-15(21)20-12-7-10(17)6-11(18)8-12/h2-8H,9H2,1H3,(H,19,22)(H,20,21). The summed E-state index contributed by atoms with van der Waals surface area (Å²) >= 11 is 11.7. The highest BCUT2D eigenvalue weighted by Crippen LogP contribution is 2.22. The third-order valence-corrected chi connectivity index (χ3v) is 3.34. The molecule has 0 radical (unpaired) electrons. The van der Waals surface area contributed by atoms with Gasteiger partial charge in [0.2, 0.25) is 5.91 Å². The van der Waals surface area contributed by atoms with Crippen molar-refractivity contribution in [3.05, 3.63) is 58.1 Å². The maximum atomic E-state index is 12.1. The molecule has 0 spiro atoms. The van der Waals surface area contributed by atoms with Gasteiger partial charge >= 0.3 is 0 Å². The third kappa shape index (κ3) is 4.87. The molecule has 2 rings (SSSR count). The second-order valence-corrected chi connectivity index (χ2v) is 5.46. The smallest absolute Gasteiger partial charge is 0.255 e. The number of halogens is 2. The van der Waals surface area contributed by atoms with Crippen molar-refractivity contribution in [2.45, 2.75) is 0 Å².